The molecule has 0 saturated carbocycles. The number of nitrogens with zero attached hydrogens (tertiary/aromatic N) is 1. The summed E-state index contributed by atoms with van der Waals surface area (Å²) in [6.45, 7) is 4.98. The van der Waals surface area contributed by atoms with Gasteiger partial charge in [-0.1, -0.05) is 42.4 Å². The molecule has 2 amide bonds. The predicted molar refractivity (Wildman–Crippen MR) is 101 cm³/mol. The number of rotatable bonds is 7. The average molecular weight is 371 g/mol. The molecular weight excluding hydrogens is 352 g/mol. The fourth-order valence-electron chi connectivity index (χ4n) is 2.79. The molecule has 0 radical (unpaired) electrons. The average Bonchev–Trinajstić information content (AvgIpc) is 2.88. The van der Waals surface area contributed by atoms with Gasteiger partial charge in [0.2, 0.25) is 5.91 Å². The summed E-state index contributed by atoms with van der Waals surface area (Å²) < 4.78 is 5.51. The number of ether oxygens (including phenoxy) is 1. The Morgan fingerprint density at radius 1 is 1.15 bits per heavy atom. The van der Waals surface area contributed by atoms with Crippen molar-refractivity contribution in [2.75, 3.05) is 19.7 Å². The summed E-state index contributed by atoms with van der Waals surface area (Å²) in [6.07, 6.45) is 0.204. The Balaban J connectivity index is 1.41. The van der Waals surface area contributed by atoms with E-state index in [0.29, 0.717) is 41.7 Å². The second-order valence-corrected chi connectivity index (χ2v) is 6.29. The molecule has 2 aromatic rings. The first-order chi connectivity index (χ1) is 12.6. The highest BCUT2D eigenvalue weighted by atomic mass is 35.5. The van der Waals surface area contributed by atoms with Crippen LogP contribution >= 0.6 is 11.6 Å². The standard InChI is InChI=1S/C20H19ClN2O3/c1-14-17-7-2-3-8-18(17)20(25)23(14)11-9-19(24)22-10-12-26-16-6-4-5-15(21)13-16/h2-8,13H,1,9-12H2,(H,22,24). The summed E-state index contributed by atoms with van der Waals surface area (Å²) in [5, 5.41) is 3.38. The van der Waals surface area contributed by atoms with Crippen molar-refractivity contribution >= 4 is 29.1 Å². The van der Waals surface area contributed by atoms with Gasteiger partial charge in [-0.3, -0.25) is 9.59 Å². The first-order valence-corrected chi connectivity index (χ1v) is 8.69. The molecule has 26 heavy (non-hydrogen) atoms. The highest BCUT2D eigenvalue weighted by Gasteiger charge is 2.30. The Morgan fingerprint density at radius 2 is 1.92 bits per heavy atom. The molecule has 0 aromatic heterocycles. The maximum Gasteiger partial charge on any atom is 0.258 e. The van der Waals surface area contributed by atoms with E-state index >= 15 is 0 Å². The third-order valence-electron chi connectivity index (χ3n) is 4.09. The van der Waals surface area contributed by atoms with Gasteiger partial charge >= 0.3 is 0 Å². The number of hydrogen-bond acceptors (Lipinski definition) is 3. The largest absolute Gasteiger partial charge is 0.492 e. The van der Waals surface area contributed by atoms with Gasteiger partial charge in [0.15, 0.2) is 0 Å². The van der Waals surface area contributed by atoms with E-state index in [0.717, 1.165) is 5.56 Å². The van der Waals surface area contributed by atoms with Crippen molar-refractivity contribution in [1.82, 2.24) is 10.2 Å². The molecule has 5 nitrogen and oxygen atoms in total. The summed E-state index contributed by atoms with van der Waals surface area (Å²) in [6, 6.07) is 14.4. The van der Waals surface area contributed by atoms with E-state index in [-0.39, 0.29) is 18.2 Å². The Kier molecular flexibility index (Phi) is 5.58. The fourth-order valence-corrected chi connectivity index (χ4v) is 2.97. The molecule has 134 valence electrons. The molecule has 0 unspecified atom stereocenters. The molecule has 1 N–H and O–H groups in total. The van der Waals surface area contributed by atoms with E-state index in [1.54, 1.807) is 35.2 Å². The highest BCUT2D eigenvalue weighted by Crippen LogP contribution is 2.30. The minimum Gasteiger partial charge on any atom is -0.492 e. The minimum absolute atomic E-state index is 0.109. The van der Waals surface area contributed by atoms with Crippen LogP contribution in [0.4, 0.5) is 0 Å². The molecule has 0 bridgehead atoms. The van der Waals surface area contributed by atoms with Gasteiger partial charge in [0.05, 0.1) is 6.54 Å². The first-order valence-electron chi connectivity index (χ1n) is 8.31. The van der Waals surface area contributed by atoms with Gasteiger partial charge in [0, 0.05) is 34.8 Å². The zero-order chi connectivity index (χ0) is 18.5. The van der Waals surface area contributed by atoms with Crippen molar-refractivity contribution in [3.8, 4) is 5.75 Å². The van der Waals surface area contributed by atoms with E-state index in [9.17, 15) is 9.59 Å². The van der Waals surface area contributed by atoms with Crippen LogP contribution in [0.15, 0.2) is 55.1 Å². The smallest absolute Gasteiger partial charge is 0.258 e. The molecular formula is C20H19ClN2O3. The second kappa shape index (κ2) is 8.06. The van der Waals surface area contributed by atoms with Crippen LogP contribution in [0, 0.1) is 0 Å². The van der Waals surface area contributed by atoms with Crippen LogP contribution < -0.4 is 10.1 Å². The van der Waals surface area contributed by atoms with Gasteiger partial charge in [-0.25, -0.2) is 0 Å². The summed E-state index contributed by atoms with van der Waals surface area (Å²) in [5.74, 6) is 0.405. The van der Waals surface area contributed by atoms with Gasteiger partial charge in [0.25, 0.3) is 5.91 Å². The van der Waals surface area contributed by atoms with Crippen LogP contribution in [0.2, 0.25) is 5.02 Å². The van der Waals surface area contributed by atoms with Crippen LogP contribution in [0.1, 0.15) is 22.3 Å². The van der Waals surface area contributed by atoms with Crippen molar-refractivity contribution in [1.29, 1.82) is 0 Å². The van der Waals surface area contributed by atoms with Gasteiger partial charge in [-0.2, -0.15) is 0 Å². The number of carbonyl (C=O) groups is 2. The molecule has 2 aromatic carbocycles. The van der Waals surface area contributed by atoms with Crippen LogP contribution in [0.3, 0.4) is 0 Å². The Morgan fingerprint density at radius 3 is 2.65 bits per heavy atom. The summed E-state index contributed by atoms with van der Waals surface area (Å²) in [7, 11) is 0. The second-order valence-electron chi connectivity index (χ2n) is 5.85. The highest BCUT2D eigenvalue weighted by molar-refractivity contribution is 6.30. The van der Waals surface area contributed by atoms with Gasteiger partial charge in [-0.05, 0) is 24.3 Å². The maximum absolute atomic E-state index is 12.4. The molecule has 0 spiro atoms. The van der Waals surface area contributed by atoms with Crippen molar-refractivity contribution in [3.05, 3.63) is 71.3 Å². The zero-order valence-electron chi connectivity index (χ0n) is 14.2. The molecule has 1 aliphatic heterocycles. The summed E-state index contributed by atoms with van der Waals surface area (Å²) in [5.41, 5.74) is 2.10. The van der Waals surface area contributed by atoms with Gasteiger partial charge in [0.1, 0.15) is 12.4 Å². The lowest BCUT2D eigenvalue weighted by Gasteiger charge is -2.17. The number of carbonyl (C=O) groups excluding carboxylic acids is 2. The molecule has 1 aliphatic rings. The third kappa shape index (κ3) is 4.06. The van der Waals surface area contributed by atoms with E-state index in [1.165, 1.54) is 0 Å². The van der Waals surface area contributed by atoms with Gasteiger partial charge < -0.3 is 15.0 Å². The Bertz CT molecular complexity index is 815. The lowest BCUT2D eigenvalue weighted by atomic mass is 10.1. The van der Waals surface area contributed by atoms with E-state index in [1.807, 2.05) is 18.2 Å². The molecule has 1 heterocycles. The molecule has 6 heteroatoms. The number of amides is 2. The normalized spacial score (nSPS) is 12.9. The predicted octanol–water partition coefficient (Wildman–Crippen LogP) is 3.35. The topological polar surface area (TPSA) is 58.6 Å². The molecule has 0 atom stereocenters. The van der Waals surface area contributed by atoms with E-state index < -0.39 is 0 Å². The third-order valence-corrected chi connectivity index (χ3v) is 4.33. The number of benzene rings is 2. The SMILES string of the molecule is C=C1c2ccccc2C(=O)N1CCC(=O)NCCOc1cccc(Cl)c1. The maximum atomic E-state index is 12.4. The van der Waals surface area contributed by atoms with E-state index in [2.05, 4.69) is 11.9 Å². The lowest BCUT2D eigenvalue weighted by molar-refractivity contribution is -0.121. The van der Waals surface area contributed by atoms with Crippen LogP contribution in [-0.4, -0.2) is 36.4 Å². The number of nitrogens with one attached hydrogen (secondary N) is 1. The molecule has 0 fully saturated rings. The van der Waals surface area contributed by atoms with Crippen molar-refractivity contribution in [2.45, 2.75) is 6.42 Å². The number of halogens is 1. The van der Waals surface area contributed by atoms with Gasteiger partial charge in [-0.15, -0.1) is 0 Å². The van der Waals surface area contributed by atoms with Crippen LogP contribution in [0.25, 0.3) is 5.70 Å². The fraction of sp³-hybridized carbons (Fsp3) is 0.200. The van der Waals surface area contributed by atoms with E-state index in [4.69, 9.17) is 16.3 Å². The quantitative estimate of drug-likeness (QED) is 0.760. The van der Waals surface area contributed by atoms with Crippen LogP contribution in [0.5, 0.6) is 5.75 Å². The van der Waals surface area contributed by atoms with Crippen LogP contribution in [-0.2, 0) is 4.79 Å². The number of fused-ring (bicyclic) bond motifs is 1. The number of hydrogen-bond donors (Lipinski definition) is 1. The molecule has 3 rings (SSSR count). The zero-order valence-corrected chi connectivity index (χ0v) is 15.0. The Labute approximate surface area is 157 Å². The molecule has 0 aliphatic carbocycles. The molecule has 0 saturated heterocycles. The minimum atomic E-state index is -0.142. The summed E-state index contributed by atoms with van der Waals surface area (Å²) >= 11 is 5.88. The lowest BCUT2D eigenvalue weighted by Crippen LogP contribution is -2.32. The monoisotopic (exact) mass is 370 g/mol. The Hall–Kier alpha value is -2.79. The first kappa shape index (κ1) is 18.0. The van der Waals surface area contributed by atoms with Crippen molar-refractivity contribution in [3.63, 3.8) is 0 Å². The van der Waals surface area contributed by atoms with Crippen molar-refractivity contribution < 1.29 is 14.3 Å². The van der Waals surface area contributed by atoms with Crippen molar-refractivity contribution in [2.24, 2.45) is 0 Å². The summed E-state index contributed by atoms with van der Waals surface area (Å²) in [4.78, 5) is 25.9.